The number of nitrogens with two attached hydrogens (primary N) is 1. The first kappa shape index (κ1) is 23.8. The van der Waals surface area contributed by atoms with Crippen LogP contribution in [0.4, 0.5) is 10.7 Å². The zero-order valence-corrected chi connectivity index (χ0v) is 20.5. The normalized spacial score (nSPS) is 14.3. The zero-order valence-electron chi connectivity index (χ0n) is 19.7. The maximum atomic E-state index is 12.6. The summed E-state index contributed by atoms with van der Waals surface area (Å²) in [6.45, 7) is 7.73. The second-order valence-corrected chi connectivity index (χ2v) is 8.58. The van der Waals surface area contributed by atoms with E-state index in [0.717, 1.165) is 29.7 Å². The Bertz CT molecular complexity index is 1160. The van der Waals surface area contributed by atoms with Gasteiger partial charge in [0.05, 0.1) is 41.6 Å². The van der Waals surface area contributed by atoms with E-state index in [9.17, 15) is 4.79 Å². The molecule has 1 aliphatic heterocycles. The number of nitrogens with one attached hydrogen (secondary N) is 1. The Hall–Kier alpha value is -3.33. The minimum atomic E-state index is -0.0966. The van der Waals surface area contributed by atoms with Crippen molar-refractivity contribution in [1.82, 2.24) is 30.0 Å². The highest BCUT2D eigenvalue weighted by molar-refractivity contribution is 6.33. The first-order valence-electron chi connectivity index (χ1n) is 11.6. The van der Waals surface area contributed by atoms with Crippen molar-refractivity contribution in [2.75, 3.05) is 12.3 Å². The predicted octanol–water partition coefficient (Wildman–Crippen LogP) is 4.18. The molecule has 2 aliphatic rings. The molecule has 0 radical (unpaired) electrons. The first-order valence-corrected chi connectivity index (χ1v) is 12.0. The number of fused-ring (bicyclic) bond motifs is 1. The molecule has 2 aromatic heterocycles. The highest BCUT2D eigenvalue weighted by Gasteiger charge is 2.33. The van der Waals surface area contributed by atoms with Gasteiger partial charge in [-0.1, -0.05) is 25.4 Å². The van der Waals surface area contributed by atoms with Crippen molar-refractivity contribution in [3.8, 4) is 17.0 Å². The van der Waals surface area contributed by atoms with E-state index in [1.165, 1.54) is 0 Å². The van der Waals surface area contributed by atoms with Gasteiger partial charge in [0.1, 0.15) is 12.4 Å². The number of nitrogen functional groups attached to an aromatic ring is 1. The second-order valence-electron chi connectivity index (χ2n) is 8.17. The number of aryl methyl sites for hydroxylation is 1. The average molecular weight is 484 g/mol. The monoisotopic (exact) mass is 483 g/mol. The fraction of sp³-hybridized carbons (Fsp3) is 0.417. The summed E-state index contributed by atoms with van der Waals surface area (Å²) in [5, 5.41) is 7.74. The summed E-state index contributed by atoms with van der Waals surface area (Å²) in [6.07, 6.45) is 5.67. The molecule has 3 aromatic rings. The van der Waals surface area contributed by atoms with Crippen LogP contribution >= 0.6 is 11.6 Å². The molecule has 0 saturated heterocycles. The molecule has 0 spiro atoms. The van der Waals surface area contributed by atoms with Crippen LogP contribution < -0.4 is 15.8 Å². The van der Waals surface area contributed by atoms with Crippen LogP contribution in [-0.4, -0.2) is 43.3 Å². The van der Waals surface area contributed by atoms with Gasteiger partial charge < -0.3 is 20.7 Å². The molecular formula is C24H30ClN7O2. The van der Waals surface area contributed by atoms with Crippen molar-refractivity contribution in [3.63, 3.8) is 0 Å². The van der Waals surface area contributed by atoms with E-state index in [2.05, 4.69) is 20.4 Å². The van der Waals surface area contributed by atoms with Gasteiger partial charge in [0.2, 0.25) is 5.95 Å². The number of halogens is 1. The quantitative estimate of drug-likeness (QED) is 0.544. The number of ether oxygens (including phenoxy) is 1. The van der Waals surface area contributed by atoms with Gasteiger partial charge in [-0.3, -0.25) is 4.68 Å². The van der Waals surface area contributed by atoms with Gasteiger partial charge in [0.15, 0.2) is 0 Å². The van der Waals surface area contributed by atoms with Crippen LogP contribution in [0.2, 0.25) is 5.02 Å². The highest BCUT2D eigenvalue weighted by Crippen LogP contribution is 2.41. The van der Waals surface area contributed by atoms with Gasteiger partial charge in [0.25, 0.3) is 0 Å². The summed E-state index contributed by atoms with van der Waals surface area (Å²) in [5.41, 5.74) is 9.85. The largest absolute Gasteiger partial charge is 0.491 e. The number of benzene rings is 1. The Morgan fingerprint density at radius 3 is 2.76 bits per heavy atom. The summed E-state index contributed by atoms with van der Waals surface area (Å²) in [6, 6.07) is 5.85. The molecule has 1 fully saturated rings. The number of rotatable bonds is 6. The van der Waals surface area contributed by atoms with E-state index in [4.69, 9.17) is 22.1 Å². The lowest BCUT2D eigenvalue weighted by molar-refractivity contribution is 0.197. The van der Waals surface area contributed by atoms with Crippen molar-refractivity contribution in [2.45, 2.75) is 59.3 Å². The van der Waals surface area contributed by atoms with Crippen LogP contribution in [0, 0.1) is 6.92 Å². The van der Waals surface area contributed by atoms with Gasteiger partial charge in [0, 0.05) is 24.0 Å². The molecule has 9 nitrogen and oxygen atoms in total. The number of amides is 2. The van der Waals surface area contributed by atoms with Crippen molar-refractivity contribution < 1.29 is 9.53 Å². The van der Waals surface area contributed by atoms with E-state index >= 15 is 0 Å². The number of nitrogens with zero attached hydrogens (tertiary/aromatic N) is 5. The van der Waals surface area contributed by atoms with E-state index in [1.54, 1.807) is 15.8 Å². The summed E-state index contributed by atoms with van der Waals surface area (Å²) < 4.78 is 7.92. The summed E-state index contributed by atoms with van der Waals surface area (Å²) in [4.78, 5) is 23.2. The molecule has 180 valence electrons. The number of urea groups is 1. The average Bonchev–Trinajstić information content (AvgIpc) is 3.28. The fourth-order valence-corrected chi connectivity index (χ4v) is 4.21. The molecule has 3 N–H and O–H groups in total. The van der Waals surface area contributed by atoms with E-state index < -0.39 is 0 Å². The van der Waals surface area contributed by atoms with Crippen LogP contribution in [0.3, 0.4) is 0 Å². The zero-order chi connectivity index (χ0) is 24.2. The van der Waals surface area contributed by atoms with E-state index in [-0.39, 0.29) is 18.0 Å². The predicted molar refractivity (Wildman–Crippen MR) is 131 cm³/mol. The number of carbonyl (C=O) groups excluding carboxylic acids is 1. The lowest BCUT2D eigenvalue weighted by Gasteiger charge is -2.17. The third-order valence-corrected chi connectivity index (χ3v) is 5.86. The SMILES string of the molecule is CC.Cc1cc(Cl)c(-c2nc(N)nc3c2CN(C(=O)NC2CC2)C3)c(OCCn2cccn2)c1. The van der Waals surface area contributed by atoms with Gasteiger partial charge >= 0.3 is 6.03 Å². The highest BCUT2D eigenvalue weighted by atomic mass is 35.5. The van der Waals surface area contributed by atoms with Crippen molar-refractivity contribution >= 4 is 23.6 Å². The number of hydrogen-bond acceptors (Lipinski definition) is 6. The Morgan fingerprint density at radius 1 is 1.26 bits per heavy atom. The minimum Gasteiger partial charge on any atom is -0.491 e. The molecule has 0 bridgehead atoms. The van der Waals surface area contributed by atoms with E-state index in [0.29, 0.717) is 48.3 Å². The molecule has 10 heteroatoms. The minimum absolute atomic E-state index is 0.0966. The molecule has 1 aliphatic carbocycles. The lowest BCUT2D eigenvalue weighted by atomic mass is 10.0. The number of hydrogen-bond donors (Lipinski definition) is 2. The molecule has 1 aromatic carbocycles. The van der Waals surface area contributed by atoms with Gasteiger partial charge in [-0.15, -0.1) is 0 Å². The Morgan fingerprint density at radius 2 is 2.06 bits per heavy atom. The lowest BCUT2D eigenvalue weighted by Crippen LogP contribution is -2.37. The number of aromatic nitrogens is 4. The summed E-state index contributed by atoms with van der Waals surface area (Å²) >= 11 is 6.69. The molecule has 3 heterocycles. The summed E-state index contributed by atoms with van der Waals surface area (Å²) in [7, 11) is 0. The van der Waals surface area contributed by atoms with E-state index in [1.807, 2.05) is 45.2 Å². The van der Waals surface area contributed by atoms with Gasteiger partial charge in [-0.2, -0.15) is 5.10 Å². The molecular weight excluding hydrogens is 454 g/mol. The standard InChI is InChI=1S/C22H24ClN7O2.C2H6/c1-13-9-16(23)19(18(10-13)32-8-7-30-6-2-5-25-30)20-15-11-29(22(31)26-14-3-4-14)12-17(15)27-21(24)28-20;1-2/h2,5-6,9-10,14H,3-4,7-8,11-12H2,1H3,(H,26,31)(H2,24,27,28);1-2H3. The van der Waals surface area contributed by atoms with Crippen molar-refractivity contribution in [3.05, 3.63) is 52.4 Å². The number of anilines is 1. The van der Waals surface area contributed by atoms with Crippen molar-refractivity contribution in [1.29, 1.82) is 0 Å². The Kier molecular flexibility index (Phi) is 7.21. The number of carbonyl (C=O) groups is 1. The van der Waals surface area contributed by atoms with Gasteiger partial charge in [-0.05, 0) is 43.5 Å². The smallest absolute Gasteiger partial charge is 0.318 e. The van der Waals surface area contributed by atoms with Crippen LogP contribution in [0.1, 0.15) is 43.5 Å². The van der Waals surface area contributed by atoms with Crippen LogP contribution in [0.5, 0.6) is 5.75 Å². The first-order chi connectivity index (χ1) is 16.5. The molecule has 1 saturated carbocycles. The molecule has 2 amide bonds. The topological polar surface area (TPSA) is 111 Å². The van der Waals surface area contributed by atoms with Gasteiger partial charge in [-0.25, -0.2) is 14.8 Å². The molecule has 0 atom stereocenters. The third-order valence-electron chi connectivity index (χ3n) is 5.56. The van der Waals surface area contributed by atoms with Crippen LogP contribution in [0.15, 0.2) is 30.6 Å². The third kappa shape index (κ3) is 5.25. The van der Waals surface area contributed by atoms with Crippen LogP contribution in [0.25, 0.3) is 11.3 Å². The fourth-order valence-electron chi connectivity index (χ4n) is 3.85. The molecule has 5 rings (SSSR count). The maximum Gasteiger partial charge on any atom is 0.318 e. The summed E-state index contributed by atoms with van der Waals surface area (Å²) in [5.74, 6) is 0.755. The molecule has 34 heavy (non-hydrogen) atoms. The van der Waals surface area contributed by atoms with Crippen molar-refractivity contribution in [2.24, 2.45) is 0 Å². The maximum absolute atomic E-state index is 12.6. The Balaban J connectivity index is 0.00000133. The second kappa shape index (κ2) is 10.3. The molecule has 0 unspecified atom stereocenters. The Labute approximate surface area is 204 Å². The van der Waals surface area contributed by atoms with Crippen LogP contribution in [-0.2, 0) is 19.6 Å².